The van der Waals surface area contributed by atoms with Crippen molar-refractivity contribution in [3.63, 3.8) is 0 Å². The molecule has 1 aliphatic carbocycles. The summed E-state index contributed by atoms with van der Waals surface area (Å²) in [6, 6.07) is 9.03. The summed E-state index contributed by atoms with van der Waals surface area (Å²) < 4.78 is 21.1. The number of aliphatic hydroxyl groups is 1. The van der Waals surface area contributed by atoms with Gasteiger partial charge in [0.15, 0.2) is 5.67 Å². The molecule has 404 valence electrons. The maximum absolute atomic E-state index is 14.7. The Labute approximate surface area is 451 Å². The molecule has 0 spiro atoms. The third-order valence-electron chi connectivity index (χ3n) is 15.0. The number of carbonyl (C=O) groups excluding carboxylic acids is 5. The molecule has 4 aliphatic rings. The molecule has 75 heavy (non-hydrogen) atoms. The number of thiazole rings is 1. The number of halogens is 2. The van der Waals surface area contributed by atoms with Crippen LogP contribution in [0.4, 0.5) is 15.9 Å². The van der Waals surface area contributed by atoms with Crippen LogP contribution in [0, 0.1) is 23.7 Å². The fourth-order valence-electron chi connectivity index (χ4n) is 9.85. The molecule has 21 heteroatoms. The number of likely N-dealkylation sites (tertiary alicyclic amines) is 2. The van der Waals surface area contributed by atoms with Crippen LogP contribution in [-0.4, -0.2) is 129 Å². The van der Waals surface area contributed by atoms with E-state index in [9.17, 15) is 33.5 Å². The number of hydrogen-bond acceptors (Lipinski definition) is 14. The predicted octanol–water partition coefficient (Wildman–Crippen LogP) is 7.32. The highest BCUT2D eigenvalue weighted by molar-refractivity contribution is 7.99. The first-order valence-corrected chi connectivity index (χ1v) is 28.0. The van der Waals surface area contributed by atoms with E-state index in [1.54, 1.807) is 55.7 Å². The average Bonchev–Trinajstić information content (AvgIpc) is 3.80. The van der Waals surface area contributed by atoms with Crippen LogP contribution in [0.3, 0.4) is 0 Å². The minimum atomic E-state index is -1.98. The van der Waals surface area contributed by atoms with Gasteiger partial charge in [-0.2, -0.15) is 0 Å². The minimum Gasteiger partial charge on any atom is -0.493 e. The number of amides is 5. The lowest BCUT2D eigenvalue weighted by molar-refractivity contribution is -0.145. The van der Waals surface area contributed by atoms with E-state index in [-0.39, 0.29) is 50.1 Å². The van der Waals surface area contributed by atoms with E-state index in [2.05, 4.69) is 42.7 Å². The quantitative estimate of drug-likeness (QED) is 0.0459. The Balaban J connectivity index is 0.796. The second-order valence-corrected chi connectivity index (χ2v) is 24.2. The van der Waals surface area contributed by atoms with Crippen molar-refractivity contribution in [3.05, 3.63) is 70.6 Å². The molecule has 4 aromatic rings. The van der Waals surface area contributed by atoms with Crippen molar-refractivity contribution in [1.82, 2.24) is 35.4 Å². The number of alkyl halides is 1. The molecular formula is C54H70ClFN10O7S2. The zero-order valence-electron chi connectivity index (χ0n) is 43.5. The lowest BCUT2D eigenvalue weighted by atomic mass is 9.80. The van der Waals surface area contributed by atoms with Crippen LogP contribution in [0.5, 0.6) is 5.75 Å². The van der Waals surface area contributed by atoms with Gasteiger partial charge in [-0.05, 0) is 105 Å². The SMILES string of the molecule is Cc1ncsc1-c1ccc(CNC(=O)C2CC(O)CN2C(=O)[C@@H](NC(=O)C2(F)CC2)C(C)(C)C)c(OCCCC2CCN(C(=O)CC(=O)Nc3cccc(Sc4cnc(N5CCC(C)(CN)CC5)cn4)c3Cl)CC2)c1. The number of aliphatic hydroxyl groups excluding tert-OH is 1. The molecule has 2 unspecified atom stereocenters. The summed E-state index contributed by atoms with van der Waals surface area (Å²) in [6.07, 6.45) is 7.65. The van der Waals surface area contributed by atoms with Crippen molar-refractivity contribution >= 4 is 75.7 Å². The summed E-state index contributed by atoms with van der Waals surface area (Å²) in [7, 11) is 0. The van der Waals surface area contributed by atoms with Crippen LogP contribution in [0.1, 0.15) is 103 Å². The lowest BCUT2D eigenvalue weighted by Gasteiger charge is -2.39. The van der Waals surface area contributed by atoms with Crippen LogP contribution >= 0.6 is 34.7 Å². The summed E-state index contributed by atoms with van der Waals surface area (Å²) >= 11 is 9.64. The van der Waals surface area contributed by atoms with Gasteiger partial charge in [-0.3, -0.25) is 24.0 Å². The fourth-order valence-corrected chi connectivity index (χ4v) is 11.7. The highest BCUT2D eigenvalue weighted by Gasteiger charge is 2.53. The normalized spacial score (nSPS) is 19.8. The number of rotatable bonds is 19. The van der Waals surface area contributed by atoms with Gasteiger partial charge in [-0.1, -0.05) is 69.3 Å². The lowest BCUT2D eigenvalue weighted by Crippen LogP contribution is -2.59. The molecule has 5 amide bonds. The first-order chi connectivity index (χ1) is 35.7. The molecule has 3 aliphatic heterocycles. The number of nitrogens with two attached hydrogens (primary N) is 1. The Morgan fingerprint density at radius 1 is 1.03 bits per heavy atom. The fraction of sp³-hybridized carbons (Fsp3) is 0.556. The summed E-state index contributed by atoms with van der Waals surface area (Å²) in [5, 5.41) is 20.1. The van der Waals surface area contributed by atoms with E-state index in [4.69, 9.17) is 22.1 Å². The number of nitrogens with zero attached hydrogens (tertiary/aromatic N) is 6. The number of carbonyl (C=O) groups is 5. The number of aryl methyl sites for hydroxylation is 1. The van der Waals surface area contributed by atoms with Crippen molar-refractivity contribution in [1.29, 1.82) is 0 Å². The predicted molar refractivity (Wildman–Crippen MR) is 288 cm³/mol. The van der Waals surface area contributed by atoms with Gasteiger partial charge in [-0.15, -0.1) is 11.3 Å². The second kappa shape index (κ2) is 23.9. The number of β-amino-alcohol motifs (C(OH)–C–C–N with tert-alkyl or cyclic N) is 1. The molecule has 4 fully saturated rings. The van der Waals surface area contributed by atoms with E-state index >= 15 is 0 Å². The van der Waals surface area contributed by atoms with Crippen LogP contribution < -0.4 is 31.3 Å². The number of piperidine rings is 2. The van der Waals surface area contributed by atoms with Gasteiger partial charge in [0.25, 0.3) is 5.91 Å². The van der Waals surface area contributed by atoms with Gasteiger partial charge in [0.2, 0.25) is 23.6 Å². The third-order valence-corrected chi connectivity index (χ3v) is 17.5. The number of hydrogen-bond donors (Lipinski definition) is 5. The minimum absolute atomic E-state index is 0.0124. The molecule has 6 N–H and O–H groups in total. The largest absolute Gasteiger partial charge is 0.493 e. The molecule has 0 radical (unpaired) electrons. The van der Waals surface area contributed by atoms with Gasteiger partial charge in [0.05, 0.1) is 51.9 Å². The summed E-state index contributed by atoms with van der Waals surface area (Å²) in [5.74, 6) is -0.772. The van der Waals surface area contributed by atoms with E-state index in [0.717, 1.165) is 73.6 Å². The van der Waals surface area contributed by atoms with Crippen molar-refractivity contribution in [2.24, 2.45) is 22.5 Å². The van der Waals surface area contributed by atoms with Crippen molar-refractivity contribution in [3.8, 4) is 16.2 Å². The van der Waals surface area contributed by atoms with Crippen molar-refractivity contribution in [2.75, 3.05) is 56.1 Å². The highest BCUT2D eigenvalue weighted by atomic mass is 35.5. The van der Waals surface area contributed by atoms with Gasteiger partial charge < -0.3 is 46.2 Å². The monoisotopic (exact) mass is 1090 g/mol. The Morgan fingerprint density at radius 3 is 2.43 bits per heavy atom. The van der Waals surface area contributed by atoms with Crippen LogP contribution in [-0.2, 0) is 30.5 Å². The van der Waals surface area contributed by atoms with E-state index in [0.29, 0.717) is 64.1 Å². The van der Waals surface area contributed by atoms with E-state index in [1.807, 2.05) is 31.2 Å². The smallest absolute Gasteiger partial charge is 0.258 e. The summed E-state index contributed by atoms with van der Waals surface area (Å²) in [5.41, 5.74) is 8.08. The second-order valence-electron chi connectivity index (χ2n) is 21.9. The summed E-state index contributed by atoms with van der Waals surface area (Å²) in [6.45, 7) is 13.3. The molecule has 3 saturated heterocycles. The Kier molecular flexibility index (Phi) is 17.8. The number of benzene rings is 2. The van der Waals surface area contributed by atoms with Gasteiger partial charge >= 0.3 is 0 Å². The molecule has 8 rings (SSSR count). The Morgan fingerprint density at radius 2 is 1.77 bits per heavy atom. The van der Waals surface area contributed by atoms with Crippen LogP contribution in [0.15, 0.2) is 64.2 Å². The first kappa shape index (κ1) is 55.8. The number of ether oxygens (including phenoxy) is 1. The van der Waals surface area contributed by atoms with Crippen molar-refractivity contribution < 1.29 is 38.2 Å². The highest BCUT2D eigenvalue weighted by Crippen LogP contribution is 2.41. The molecule has 5 heterocycles. The molecule has 2 aromatic carbocycles. The molecule has 17 nitrogen and oxygen atoms in total. The Bertz CT molecular complexity index is 2700. The van der Waals surface area contributed by atoms with Gasteiger partial charge in [0, 0.05) is 56.1 Å². The van der Waals surface area contributed by atoms with Gasteiger partial charge in [-0.25, -0.2) is 19.3 Å². The average molecular weight is 1090 g/mol. The van der Waals surface area contributed by atoms with Crippen molar-refractivity contribution in [2.45, 2.75) is 139 Å². The van der Waals surface area contributed by atoms with Crippen LogP contribution in [0.25, 0.3) is 10.4 Å². The van der Waals surface area contributed by atoms with E-state index in [1.165, 1.54) is 28.0 Å². The molecular weight excluding hydrogens is 1020 g/mol. The van der Waals surface area contributed by atoms with Crippen LogP contribution in [0.2, 0.25) is 5.02 Å². The Hall–Kier alpha value is -5.41. The summed E-state index contributed by atoms with van der Waals surface area (Å²) in [4.78, 5) is 87.7. The topological polar surface area (TPSA) is 225 Å². The number of aromatic nitrogens is 3. The molecule has 3 atom stereocenters. The van der Waals surface area contributed by atoms with Gasteiger partial charge in [0.1, 0.15) is 35.1 Å². The zero-order valence-corrected chi connectivity index (χ0v) is 45.9. The molecule has 0 bridgehead atoms. The number of anilines is 2. The standard InChI is InChI=1S/C54H70ClFN10O7S2/c1-33-47(74-32-61-33)35-11-12-36(27-60-49(70)39-25-37(67)30-66(39)50(71)48(52(2,3)4)63-51(72)54(56)15-16-54)40(24-35)73-23-7-8-34-13-19-65(20-14-34)45(69)26-43(68)62-38-9-6-10-41(46(38)55)75-44-29-58-42(28-59-44)64-21-17-53(5,31-57)18-22-64/h6,9-12,24,28-29,32,34,37,39,48,67H,7-8,13-23,25-27,30-31,57H2,1-5H3,(H,60,70)(H,62,68)(H,63,72)/t37?,39?,48-/m1/s1. The zero-order chi connectivity index (χ0) is 53.7. The third kappa shape index (κ3) is 14.0. The number of nitrogens with one attached hydrogen (secondary N) is 3. The first-order valence-electron chi connectivity index (χ1n) is 26.0. The maximum Gasteiger partial charge on any atom is 0.258 e. The maximum atomic E-state index is 14.7. The molecule has 1 saturated carbocycles. The van der Waals surface area contributed by atoms with E-state index < -0.39 is 52.9 Å². The molecule has 2 aromatic heterocycles.